The Morgan fingerprint density at radius 3 is 1.40 bits per heavy atom. The summed E-state index contributed by atoms with van der Waals surface area (Å²) in [5.74, 6) is 0.162. The number of hydrogen-bond acceptors (Lipinski definition) is 8. The number of methoxy groups -OCH3 is 2. The van der Waals surface area contributed by atoms with Gasteiger partial charge in [0.05, 0.1) is 14.2 Å². The van der Waals surface area contributed by atoms with Gasteiger partial charge in [0.2, 0.25) is 0 Å². The fourth-order valence-electron chi connectivity index (χ4n) is 3.22. The van der Waals surface area contributed by atoms with Crippen LogP contribution in [0.3, 0.4) is 0 Å². The van der Waals surface area contributed by atoms with Crippen LogP contribution in [-0.2, 0) is 20.1 Å². The summed E-state index contributed by atoms with van der Waals surface area (Å²) in [6, 6.07) is 26.0. The van der Waals surface area contributed by atoms with Crippen molar-refractivity contribution >= 4 is 5.97 Å². The van der Waals surface area contributed by atoms with Gasteiger partial charge in [-0.05, 0) is 47.0 Å². The van der Waals surface area contributed by atoms with Gasteiger partial charge in [-0.1, -0.05) is 56.3 Å². The quantitative estimate of drug-likeness (QED) is 0.242. The Bertz CT molecular complexity index is 1390. The van der Waals surface area contributed by atoms with E-state index in [1.54, 1.807) is 50.9 Å². The maximum atomic E-state index is 10.1. The minimum atomic E-state index is -0.990. The van der Waals surface area contributed by atoms with Gasteiger partial charge in [-0.3, -0.25) is 0 Å². The summed E-state index contributed by atoms with van der Waals surface area (Å²) < 4.78 is 10.0. The molecule has 0 bridgehead atoms. The van der Waals surface area contributed by atoms with Gasteiger partial charge in [0.1, 0.15) is 17.5 Å². The second-order valence-corrected chi connectivity index (χ2v) is 7.76. The van der Waals surface area contributed by atoms with Gasteiger partial charge in [-0.15, -0.1) is 23.3 Å². The standard InChI is InChI=1S/2C12H11N2O.C6H5NO2.Ir/c2*1-9-10(6-7-12(14-9)15-2)11-5-3-4-8-13-11;8-6(9)5-3-1-2-4-7-5;/h2*3-5,7-8H,1-2H3;1-4H,(H,8,9);/q2*-1;;. The van der Waals surface area contributed by atoms with Gasteiger partial charge in [-0.25, -0.2) is 9.78 Å². The van der Waals surface area contributed by atoms with E-state index in [0.29, 0.717) is 11.8 Å². The van der Waals surface area contributed by atoms with Gasteiger partial charge < -0.3 is 34.5 Å². The molecule has 207 valence electrons. The molecule has 0 fully saturated rings. The van der Waals surface area contributed by atoms with Crippen molar-refractivity contribution in [2.24, 2.45) is 0 Å². The van der Waals surface area contributed by atoms with Gasteiger partial charge in [0.25, 0.3) is 0 Å². The number of aryl methyl sites for hydroxylation is 2. The van der Waals surface area contributed by atoms with Crippen LogP contribution in [0.5, 0.6) is 11.8 Å². The topological polar surface area (TPSA) is 120 Å². The average molecular weight is 714 g/mol. The largest absolute Gasteiger partial charge is 0.524 e. The molecule has 1 N–H and O–H groups in total. The maximum Gasteiger partial charge on any atom is 0.354 e. The Kier molecular flexibility index (Phi) is 13.0. The third kappa shape index (κ3) is 9.34. The van der Waals surface area contributed by atoms with Crippen LogP contribution in [0.1, 0.15) is 21.9 Å². The monoisotopic (exact) mass is 714 g/mol. The first kappa shape index (κ1) is 31.7. The van der Waals surface area contributed by atoms with Crippen LogP contribution in [0.4, 0.5) is 0 Å². The Morgan fingerprint density at radius 2 is 1.12 bits per heavy atom. The smallest absolute Gasteiger partial charge is 0.354 e. The predicted octanol–water partition coefficient (Wildman–Crippen LogP) is 5.30. The molecule has 5 aromatic heterocycles. The van der Waals surface area contributed by atoms with Gasteiger partial charge in [0, 0.05) is 38.7 Å². The molecule has 10 heteroatoms. The zero-order valence-corrected chi connectivity index (χ0v) is 24.7. The molecule has 0 saturated heterocycles. The fraction of sp³-hybridized carbons (Fsp3) is 0.133. The van der Waals surface area contributed by atoms with E-state index in [1.165, 1.54) is 12.3 Å². The molecule has 9 nitrogen and oxygen atoms in total. The van der Waals surface area contributed by atoms with Crippen LogP contribution < -0.4 is 9.47 Å². The summed E-state index contributed by atoms with van der Waals surface area (Å²) in [5.41, 5.74) is 5.40. The second kappa shape index (κ2) is 16.4. The van der Waals surface area contributed by atoms with Crippen LogP contribution in [0.2, 0.25) is 0 Å². The molecule has 5 aromatic rings. The number of carboxylic acid groups (broad SMARTS) is 1. The number of rotatable bonds is 5. The zero-order valence-electron chi connectivity index (χ0n) is 22.3. The summed E-state index contributed by atoms with van der Waals surface area (Å²) in [6.45, 7) is 3.84. The number of pyridine rings is 5. The number of aromatic nitrogens is 5. The molecule has 1 radical (unpaired) electrons. The summed E-state index contributed by atoms with van der Waals surface area (Å²) in [5, 5.41) is 8.32. The van der Waals surface area contributed by atoms with E-state index in [2.05, 4.69) is 37.1 Å². The predicted molar refractivity (Wildman–Crippen MR) is 146 cm³/mol. The molecule has 0 spiro atoms. The summed E-state index contributed by atoms with van der Waals surface area (Å²) in [6.07, 6.45) is 4.96. The van der Waals surface area contributed by atoms with E-state index in [-0.39, 0.29) is 25.8 Å². The van der Waals surface area contributed by atoms with E-state index < -0.39 is 5.97 Å². The summed E-state index contributed by atoms with van der Waals surface area (Å²) >= 11 is 0. The van der Waals surface area contributed by atoms with Crippen molar-refractivity contribution < 1.29 is 39.5 Å². The molecular weight excluding hydrogens is 687 g/mol. The van der Waals surface area contributed by atoms with Crippen LogP contribution in [-0.4, -0.2) is 50.2 Å². The van der Waals surface area contributed by atoms with Crippen LogP contribution >= 0.6 is 0 Å². The fourth-order valence-corrected chi connectivity index (χ4v) is 3.22. The third-order valence-corrected chi connectivity index (χ3v) is 5.10. The number of carboxylic acids is 1. The molecule has 0 amide bonds. The molecule has 40 heavy (non-hydrogen) atoms. The van der Waals surface area contributed by atoms with Crippen LogP contribution in [0.25, 0.3) is 22.5 Å². The molecule has 0 aromatic carbocycles. The number of nitrogens with zero attached hydrogens (tertiary/aromatic N) is 5. The Balaban J connectivity index is 0.000000215. The molecule has 0 saturated carbocycles. The van der Waals surface area contributed by atoms with Crippen molar-refractivity contribution in [3.05, 3.63) is 115 Å². The van der Waals surface area contributed by atoms with E-state index in [1.807, 2.05) is 50.2 Å². The number of ether oxygens (including phenoxy) is 2. The Labute approximate surface area is 246 Å². The zero-order chi connectivity index (χ0) is 28.0. The molecule has 5 heterocycles. The van der Waals surface area contributed by atoms with E-state index in [4.69, 9.17) is 14.6 Å². The molecule has 0 aliphatic carbocycles. The normalized spacial score (nSPS) is 9.50. The van der Waals surface area contributed by atoms with Crippen LogP contribution in [0.15, 0.2) is 85.3 Å². The van der Waals surface area contributed by atoms with Gasteiger partial charge in [-0.2, -0.15) is 0 Å². The SMILES string of the molecule is COc1c[c-]c(-c2ccccn2)c(C)n1.COc1c[c-]c(-c2ccccn2)c(C)n1.O=C(O)c1ccccn1.[Ir]. The Morgan fingerprint density at radius 1 is 0.700 bits per heavy atom. The molecular formula is C30H27IrN5O4-2. The summed E-state index contributed by atoms with van der Waals surface area (Å²) in [4.78, 5) is 30.8. The molecule has 0 aliphatic heterocycles. The molecule has 5 rings (SSSR count). The van der Waals surface area contributed by atoms with Crippen molar-refractivity contribution in [1.29, 1.82) is 0 Å². The number of hydrogen-bond donors (Lipinski definition) is 1. The van der Waals surface area contributed by atoms with E-state index in [0.717, 1.165) is 33.9 Å². The van der Waals surface area contributed by atoms with E-state index >= 15 is 0 Å². The minimum Gasteiger partial charge on any atom is -0.524 e. The van der Waals surface area contributed by atoms with Crippen molar-refractivity contribution in [3.63, 3.8) is 0 Å². The third-order valence-electron chi connectivity index (χ3n) is 5.10. The van der Waals surface area contributed by atoms with Crippen LogP contribution in [0, 0.1) is 26.0 Å². The second-order valence-electron chi connectivity index (χ2n) is 7.76. The van der Waals surface area contributed by atoms with Gasteiger partial charge >= 0.3 is 5.97 Å². The average Bonchev–Trinajstić information content (AvgIpc) is 2.99. The number of carbonyl (C=O) groups is 1. The van der Waals surface area contributed by atoms with Gasteiger partial charge in [0.15, 0.2) is 0 Å². The van der Waals surface area contributed by atoms with Crippen molar-refractivity contribution in [2.45, 2.75) is 13.8 Å². The molecule has 0 atom stereocenters. The Hall–Kier alpha value is -4.53. The maximum absolute atomic E-state index is 10.1. The number of aromatic carboxylic acids is 1. The molecule has 0 unspecified atom stereocenters. The molecule has 0 aliphatic rings. The first-order valence-electron chi connectivity index (χ1n) is 11.8. The van der Waals surface area contributed by atoms with E-state index in [9.17, 15) is 4.79 Å². The van der Waals surface area contributed by atoms with Crippen molar-refractivity contribution in [2.75, 3.05) is 14.2 Å². The first-order valence-corrected chi connectivity index (χ1v) is 11.8. The first-order chi connectivity index (χ1) is 18.9. The van der Waals surface area contributed by atoms with Crippen molar-refractivity contribution in [1.82, 2.24) is 24.9 Å². The van der Waals surface area contributed by atoms with Crippen molar-refractivity contribution in [3.8, 4) is 34.3 Å². The summed E-state index contributed by atoms with van der Waals surface area (Å²) in [7, 11) is 3.19. The minimum absolute atomic E-state index is 0.